The summed E-state index contributed by atoms with van der Waals surface area (Å²) in [5, 5.41) is 2.85. The van der Waals surface area contributed by atoms with Crippen LogP contribution in [0.15, 0.2) is 41.2 Å². The standard InChI is InChI=1S/C21H26N2O5/c1-5-15(3)23(20(25)13-28-21(26)17-9-10-27-12-17)11-19(24)22-18-8-6-7-14(2)16(18)4/h6-10,12,15H,5,11,13H2,1-4H3,(H,22,24). The highest BCUT2D eigenvalue weighted by atomic mass is 16.5. The number of aryl methyl sites for hydroxylation is 1. The number of nitrogens with zero attached hydrogens (tertiary/aromatic N) is 1. The van der Waals surface area contributed by atoms with E-state index in [4.69, 9.17) is 9.15 Å². The van der Waals surface area contributed by atoms with Gasteiger partial charge in [-0.15, -0.1) is 0 Å². The molecule has 7 heteroatoms. The minimum atomic E-state index is -0.647. The Labute approximate surface area is 164 Å². The average molecular weight is 386 g/mol. The van der Waals surface area contributed by atoms with Crippen molar-refractivity contribution < 1.29 is 23.5 Å². The van der Waals surface area contributed by atoms with Gasteiger partial charge in [-0.05, 0) is 50.5 Å². The summed E-state index contributed by atoms with van der Waals surface area (Å²) in [7, 11) is 0. The van der Waals surface area contributed by atoms with Crippen molar-refractivity contribution in [2.24, 2.45) is 0 Å². The highest BCUT2D eigenvalue weighted by Crippen LogP contribution is 2.18. The number of carbonyl (C=O) groups excluding carboxylic acids is 3. The maximum Gasteiger partial charge on any atom is 0.341 e. The summed E-state index contributed by atoms with van der Waals surface area (Å²) in [5.41, 5.74) is 2.99. The van der Waals surface area contributed by atoms with Gasteiger partial charge >= 0.3 is 5.97 Å². The van der Waals surface area contributed by atoms with E-state index in [1.54, 1.807) is 0 Å². The van der Waals surface area contributed by atoms with E-state index in [2.05, 4.69) is 5.32 Å². The number of hydrogen-bond acceptors (Lipinski definition) is 5. The molecule has 1 heterocycles. The first-order valence-corrected chi connectivity index (χ1v) is 9.18. The number of amides is 2. The van der Waals surface area contributed by atoms with Gasteiger partial charge in [-0.1, -0.05) is 19.1 Å². The largest absolute Gasteiger partial charge is 0.472 e. The number of ether oxygens (including phenoxy) is 1. The lowest BCUT2D eigenvalue weighted by Gasteiger charge is -2.28. The predicted molar refractivity (Wildman–Crippen MR) is 105 cm³/mol. The zero-order valence-corrected chi connectivity index (χ0v) is 16.7. The molecule has 1 aromatic carbocycles. The predicted octanol–water partition coefficient (Wildman–Crippen LogP) is 3.32. The first kappa shape index (κ1) is 21.2. The van der Waals surface area contributed by atoms with Crippen LogP contribution in [0.5, 0.6) is 0 Å². The van der Waals surface area contributed by atoms with Crippen molar-refractivity contribution in [3.05, 3.63) is 53.5 Å². The van der Waals surface area contributed by atoms with Crippen LogP contribution in [0.3, 0.4) is 0 Å². The number of hydrogen-bond donors (Lipinski definition) is 1. The molecule has 150 valence electrons. The molecule has 2 aromatic rings. The molecule has 0 saturated heterocycles. The molecule has 1 N–H and O–H groups in total. The summed E-state index contributed by atoms with van der Waals surface area (Å²) < 4.78 is 9.86. The molecule has 7 nitrogen and oxygen atoms in total. The quantitative estimate of drug-likeness (QED) is 0.703. The maximum absolute atomic E-state index is 12.6. The zero-order chi connectivity index (χ0) is 20.7. The molecule has 1 unspecified atom stereocenters. The van der Waals surface area contributed by atoms with Crippen LogP contribution in [0.25, 0.3) is 0 Å². The van der Waals surface area contributed by atoms with Crippen molar-refractivity contribution in [1.82, 2.24) is 4.90 Å². The van der Waals surface area contributed by atoms with E-state index in [-0.39, 0.29) is 24.1 Å². The third-order valence-electron chi connectivity index (χ3n) is 4.72. The lowest BCUT2D eigenvalue weighted by atomic mass is 10.1. The molecule has 1 aromatic heterocycles. The van der Waals surface area contributed by atoms with Crippen LogP contribution in [0.4, 0.5) is 5.69 Å². The molecule has 0 spiro atoms. The Hall–Kier alpha value is -3.09. The Balaban J connectivity index is 1.99. The van der Waals surface area contributed by atoms with Crippen LogP contribution in [0.2, 0.25) is 0 Å². The van der Waals surface area contributed by atoms with Gasteiger partial charge in [-0.25, -0.2) is 4.79 Å². The number of esters is 1. The highest BCUT2D eigenvalue weighted by Gasteiger charge is 2.23. The second-order valence-corrected chi connectivity index (χ2v) is 6.66. The topological polar surface area (TPSA) is 88.9 Å². The Morgan fingerprint density at radius 3 is 2.61 bits per heavy atom. The van der Waals surface area contributed by atoms with Gasteiger partial charge in [0.25, 0.3) is 5.91 Å². The number of rotatable bonds is 8. The van der Waals surface area contributed by atoms with E-state index >= 15 is 0 Å². The molecular formula is C21H26N2O5. The molecule has 0 radical (unpaired) electrons. The molecule has 28 heavy (non-hydrogen) atoms. The highest BCUT2D eigenvalue weighted by molar-refractivity contribution is 5.96. The van der Waals surface area contributed by atoms with Gasteiger partial charge in [-0.3, -0.25) is 9.59 Å². The second-order valence-electron chi connectivity index (χ2n) is 6.66. The van der Waals surface area contributed by atoms with Crippen LogP contribution < -0.4 is 5.32 Å². The number of nitrogens with one attached hydrogen (secondary N) is 1. The maximum atomic E-state index is 12.6. The third kappa shape index (κ3) is 5.45. The van der Waals surface area contributed by atoms with E-state index in [9.17, 15) is 14.4 Å². The van der Waals surface area contributed by atoms with E-state index in [0.717, 1.165) is 11.1 Å². The van der Waals surface area contributed by atoms with Gasteiger partial charge in [0, 0.05) is 11.7 Å². The molecule has 0 aliphatic heterocycles. The molecule has 0 bridgehead atoms. The SMILES string of the molecule is CCC(C)N(CC(=O)Nc1cccc(C)c1C)C(=O)COC(=O)c1ccoc1. The Morgan fingerprint density at radius 2 is 1.96 bits per heavy atom. The van der Waals surface area contributed by atoms with Gasteiger partial charge < -0.3 is 19.4 Å². The van der Waals surface area contributed by atoms with Crippen molar-refractivity contribution in [3.63, 3.8) is 0 Å². The van der Waals surface area contributed by atoms with Crippen molar-refractivity contribution in [1.29, 1.82) is 0 Å². The van der Waals surface area contributed by atoms with Crippen LogP contribution in [-0.4, -0.2) is 41.9 Å². The van der Waals surface area contributed by atoms with Crippen molar-refractivity contribution >= 4 is 23.5 Å². The Kier molecular flexibility index (Phi) is 7.37. The lowest BCUT2D eigenvalue weighted by Crippen LogP contribution is -2.45. The number of carbonyl (C=O) groups is 3. The summed E-state index contributed by atoms with van der Waals surface area (Å²) in [6.45, 7) is 7.10. The molecular weight excluding hydrogens is 360 g/mol. The van der Waals surface area contributed by atoms with Crippen molar-refractivity contribution in [3.8, 4) is 0 Å². The zero-order valence-electron chi connectivity index (χ0n) is 16.7. The monoisotopic (exact) mass is 386 g/mol. The summed E-state index contributed by atoms with van der Waals surface area (Å²) in [5.74, 6) is -1.38. The fourth-order valence-corrected chi connectivity index (χ4v) is 2.62. The normalized spacial score (nSPS) is 11.6. The molecule has 0 aliphatic rings. The van der Waals surface area contributed by atoms with Gasteiger partial charge in [0.05, 0.1) is 11.8 Å². The Morgan fingerprint density at radius 1 is 1.21 bits per heavy atom. The smallest absolute Gasteiger partial charge is 0.341 e. The number of benzene rings is 1. The number of furan rings is 1. The first-order valence-electron chi connectivity index (χ1n) is 9.18. The summed E-state index contributed by atoms with van der Waals surface area (Å²) >= 11 is 0. The molecule has 1 atom stereocenters. The second kappa shape index (κ2) is 9.73. The van der Waals surface area contributed by atoms with Gasteiger partial charge in [0.2, 0.25) is 5.91 Å². The number of anilines is 1. The van der Waals surface area contributed by atoms with E-state index < -0.39 is 18.5 Å². The Bertz CT molecular complexity index is 829. The van der Waals surface area contributed by atoms with Crippen LogP contribution in [0.1, 0.15) is 41.8 Å². The van der Waals surface area contributed by atoms with Crippen molar-refractivity contribution in [2.45, 2.75) is 40.2 Å². The summed E-state index contributed by atoms with van der Waals surface area (Å²) in [6.07, 6.45) is 3.26. The molecule has 2 amide bonds. The fraction of sp³-hybridized carbons (Fsp3) is 0.381. The van der Waals surface area contributed by atoms with Crippen molar-refractivity contribution in [2.75, 3.05) is 18.5 Å². The lowest BCUT2D eigenvalue weighted by molar-refractivity contribution is -0.139. The summed E-state index contributed by atoms with van der Waals surface area (Å²) in [6, 6.07) is 6.93. The molecule has 2 rings (SSSR count). The first-order chi connectivity index (χ1) is 13.3. The summed E-state index contributed by atoms with van der Waals surface area (Å²) in [4.78, 5) is 38.4. The van der Waals surface area contributed by atoms with Crippen LogP contribution in [0, 0.1) is 13.8 Å². The van der Waals surface area contributed by atoms with E-state index in [1.165, 1.54) is 23.5 Å². The minimum Gasteiger partial charge on any atom is -0.472 e. The molecule has 0 saturated carbocycles. The van der Waals surface area contributed by atoms with Gasteiger partial charge in [-0.2, -0.15) is 0 Å². The van der Waals surface area contributed by atoms with E-state index in [0.29, 0.717) is 12.1 Å². The molecule has 0 aliphatic carbocycles. The molecule has 0 fully saturated rings. The van der Waals surface area contributed by atoms with Gasteiger partial charge in [0.1, 0.15) is 12.8 Å². The average Bonchev–Trinajstić information content (AvgIpc) is 3.22. The van der Waals surface area contributed by atoms with Gasteiger partial charge in [0.15, 0.2) is 6.61 Å². The van der Waals surface area contributed by atoms with E-state index in [1.807, 2.05) is 45.9 Å². The third-order valence-corrected chi connectivity index (χ3v) is 4.72. The van der Waals surface area contributed by atoms with Crippen LogP contribution >= 0.6 is 0 Å². The van der Waals surface area contributed by atoms with Crippen LogP contribution in [-0.2, 0) is 14.3 Å². The minimum absolute atomic E-state index is 0.121. The fourth-order valence-electron chi connectivity index (χ4n) is 2.62.